The highest BCUT2D eigenvalue weighted by atomic mass is 16.6. The van der Waals surface area contributed by atoms with Crippen molar-refractivity contribution in [2.24, 2.45) is 0 Å². The molecule has 0 aromatic heterocycles. The molecule has 0 amide bonds. The van der Waals surface area contributed by atoms with E-state index in [-0.39, 0.29) is 12.8 Å². The van der Waals surface area contributed by atoms with Gasteiger partial charge >= 0.3 is 0 Å². The van der Waals surface area contributed by atoms with Gasteiger partial charge in [-0.1, -0.05) is 154 Å². The maximum absolute atomic E-state index is 10.2. The lowest BCUT2D eigenvalue weighted by Gasteiger charge is -2.35. The van der Waals surface area contributed by atoms with E-state index in [2.05, 4.69) is 0 Å². The zero-order valence-corrected chi connectivity index (χ0v) is 22.6. The molecule has 204 valence electrons. The van der Waals surface area contributed by atoms with Gasteiger partial charge in [0.25, 0.3) is 0 Å². The van der Waals surface area contributed by atoms with E-state index in [4.69, 9.17) is 0 Å². The Morgan fingerprint density at radius 3 is 0.471 bits per heavy atom. The fourth-order valence-corrected chi connectivity index (χ4v) is 5.39. The fourth-order valence-electron chi connectivity index (χ4n) is 5.39. The van der Waals surface area contributed by atoms with Gasteiger partial charge in [-0.3, -0.25) is 0 Å². The quantitative estimate of drug-likeness (QED) is 0.261. The lowest BCUT2D eigenvalue weighted by Crippen LogP contribution is -2.54. The molecule has 0 spiro atoms. The van der Waals surface area contributed by atoms with Crippen LogP contribution in [0, 0.1) is 0 Å². The highest BCUT2D eigenvalue weighted by Gasteiger charge is 2.45. The number of hydrogen-bond donors (Lipinski definition) is 4. The lowest BCUT2D eigenvalue weighted by atomic mass is 9.93. The van der Waals surface area contributed by atoms with Crippen LogP contribution in [-0.4, -0.2) is 32.0 Å². The van der Waals surface area contributed by atoms with Gasteiger partial charge in [0, 0.05) is 12.8 Å². The maximum atomic E-state index is 10.2. The summed E-state index contributed by atoms with van der Waals surface area (Å²) >= 11 is 0. The SMILES string of the molecule is OC1(O)CCCCCCCCCCCCCCCCCCCCCCCCCCCCC1(O)O. The zero-order valence-electron chi connectivity index (χ0n) is 22.6. The second-order valence-corrected chi connectivity index (χ2v) is 11.3. The highest BCUT2D eigenvalue weighted by molar-refractivity contribution is 4.82. The maximum Gasteiger partial charge on any atom is 0.218 e. The topological polar surface area (TPSA) is 80.9 Å². The van der Waals surface area contributed by atoms with Crippen molar-refractivity contribution in [1.29, 1.82) is 0 Å². The summed E-state index contributed by atoms with van der Waals surface area (Å²) in [5.41, 5.74) is 0. The summed E-state index contributed by atoms with van der Waals surface area (Å²) in [7, 11) is 0. The standard InChI is InChI=1S/C30H60O4/c31-29(32)27-25-23-21-19-17-15-13-11-9-7-5-3-1-2-4-6-8-10-12-14-16-18-20-22-24-26-28-30(29,33)34/h31-34H,1-28H2. The van der Waals surface area contributed by atoms with Crippen molar-refractivity contribution < 1.29 is 20.4 Å². The second-order valence-electron chi connectivity index (χ2n) is 11.3. The molecule has 4 nitrogen and oxygen atoms in total. The molecule has 0 unspecified atom stereocenters. The zero-order chi connectivity index (χ0) is 24.8. The van der Waals surface area contributed by atoms with E-state index < -0.39 is 11.6 Å². The molecule has 1 saturated carbocycles. The number of rotatable bonds is 0. The fraction of sp³-hybridized carbons (Fsp3) is 1.00. The van der Waals surface area contributed by atoms with Crippen LogP contribution in [0.25, 0.3) is 0 Å². The van der Waals surface area contributed by atoms with Gasteiger partial charge in [0.15, 0.2) is 0 Å². The third-order valence-electron chi connectivity index (χ3n) is 7.94. The first kappa shape index (κ1) is 31.9. The molecule has 0 bridgehead atoms. The minimum absolute atomic E-state index is 0.0278. The van der Waals surface area contributed by atoms with E-state index in [1.807, 2.05) is 0 Å². The van der Waals surface area contributed by atoms with Crippen LogP contribution in [0.5, 0.6) is 0 Å². The van der Waals surface area contributed by atoms with Gasteiger partial charge in [-0.2, -0.15) is 0 Å². The molecule has 4 heteroatoms. The molecule has 0 radical (unpaired) electrons. The van der Waals surface area contributed by atoms with E-state index >= 15 is 0 Å². The Hall–Kier alpha value is -0.160. The predicted octanol–water partition coefficient (Wildman–Crippen LogP) is 8.28. The second kappa shape index (κ2) is 21.0. The van der Waals surface area contributed by atoms with Crippen LogP contribution in [0.2, 0.25) is 0 Å². The van der Waals surface area contributed by atoms with Crippen molar-refractivity contribution >= 4 is 0 Å². The molecule has 0 saturated heterocycles. The van der Waals surface area contributed by atoms with Crippen molar-refractivity contribution in [1.82, 2.24) is 0 Å². The molecule has 0 heterocycles. The van der Waals surface area contributed by atoms with Crippen molar-refractivity contribution in [2.75, 3.05) is 0 Å². The van der Waals surface area contributed by atoms with Crippen LogP contribution < -0.4 is 0 Å². The summed E-state index contributed by atoms with van der Waals surface area (Å²) < 4.78 is 0. The molecule has 0 aliphatic heterocycles. The Morgan fingerprint density at radius 2 is 0.324 bits per heavy atom. The first-order chi connectivity index (χ1) is 16.5. The smallest absolute Gasteiger partial charge is 0.218 e. The van der Waals surface area contributed by atoms with E-state index in [0.29, 0.717) is 12.8 Å². The number of hydrogen-bond acceptors (Lipinski definition) is 4. The third kappa shape index (κ3) is 17.3. The molecule has 1 fully saturated rings. The lowest BCUT2D eigenvalue weighted by molar-refractivity contribution is -0.361. The average Bonchev–Trinajstić information content (AvgIpc) is 2.80. The molecular weight excluding hydrogens is 424 g/mol. The number of aliphatic hydroxyl groups is 4. The van der Waals surface area contributed by atoms with Crippen molar-refractivity contribution in [3.8, 4) is 0 Å². The molecule has 0 aromatic carbocycles. The monoisotopic (exact) mass is 484 g/mol. The van der Waals surface area contributed by atoms with E-state index in [0.717, 1.165) is 25.7 Å². The van der Waals surface area contributed by atoms with Crippen LogP contribution in [-0.2, 0) is 0 Å². The summed E-state index contributed by atoms with van der Waals surface area (Å²) in [6.45, 7) is 0. The molecular formula is C30H60O4. The Kier molecular flexibility index (Phi) is 19.7. The average molecular weight is 485 g/mol. The highest BCUT2D eigenvalue weighted by Crippen LogP contribution is 2.29. The summed E-state index contributed by atoms with van der Waals surface area (Å²) in [6.07, 6.45) is 32.4. The Bertz CT molecular complexity index is 396. The molecule has 1 rings (SSSR count). The van der Waals surface area contributed by atoms with Crippen LogP contribution >= 0.6 is 0 Å². The van der Waals surface area contributed by atoms with Gasteiger partial charge in [-0.05, 0) is 12.8 Å². The molecule has 1 aliphatic rings. The summed E-state index contributed by atoms with van der Waals surface area (Å²) in [5, 5.41) is 41.0. The third-order valence-corrected chi connectivity index (χ3v) is 7.94. The van der Waals surface area contributed by atoms with E-state index in [9.17, 15) is 20.4 Å². The predicted molar refractivity (Wildman–Crippen MR) is 144 cm³/mol. The Balaban J connectivity index is 2.25. The van der Waals surface area contributed by atoms with Crippen LogP contribution in [0.4, 0.5) is 0 Å². The van der Waals surface area contributed by atoms with Gasteiger partial charge in [0.05, 0.1) is 0 Å². The van der Waals surface area contributed by atoms with Crippen molar-refractivity contribution in [3.05, 3.63) is 0 Å². The van der Waals surface area contributed by atoms with Gasteiger partial charge in [-0.15, -0.1) is 0 Å². The Labute approximate surface area is 211 Å². The summed E-state index contributed by atoms with van der Waals surface area (Å²) in [6, 6.07) is 0. The van der Waals surface area contributed by atoms with Gasteiger partial charge < -0.3 is 20.4 Å². The van der Waals surface area contributed by atoms with Crippen LogP contribution in [0.15, 0.2) is 0 Å². The normalized spacial score (nSPS) is 25.8. The largest absolute Gasteiger partial charge is 0.361 e. The minimum Gasteiger partial charge on any atom is -0.361 e. The first-order valence-corrected chi connectivity index (χ1v) is 15.4. The van der Waals surface area contributed by atoms with Crippen LogP contribution in [0.1, 0.15) is 180 Å². The molecule has 34 heavy (non-hydrogen) atoms. The van der Waals surface area contributed by atoms with Gasteiger partial charge in [0.1, 0.15) is 0 Å². The molecule has 0 aromatic rings. The first-order valence-electron chi connectivity index (χ1n) is 15.4. The summed E-state index contributed by atoms with van der Waals surface area (Å²) in [4.78, 5) is 0. The van der Waals surface area contributed by atoms with Crippen molar-refractivity contribution in [3.63, 3.8) is 0 Å². The van der Waals surface area contributed by atoms with Gasteiger partial charge in [-0.25, -0.2) is 0 Å². The van der Waals surface area contributed by atoms with Gasteiger partial charge in [0.2, 0.25) is 11.6 Å². The minimum atomic E-state index is -2.41. The molecule has 1 aliphatic carbocycles. The molecule has 0 atom stereocenters. The Morgan fingerprint density at radius 1 is 0.206 bits per heavy atom. The van der Waals surface area contributed by atoms with E-state index in [1.54, 1.807) is 0 Å². The summed E-state index contributed by atoms with van der Waals surface area (Å²) in [5.74, 6) is -4.82. The molecule has 4 N–H and O–H groups in total. The van der Waals surface area contributed by atoms with Crippen LogP contribution in [0.3, 0.4) is 0 Å². The van der Waals surface area contributed by atoms with E-state index in [1.165, 1.54) is 128 Å². The van der Waals surface area contributed by atoms with Crippen molar-refractivity contribution in [2.45, 2.75) is 191 Å².